The lowest BCUT2D eigenvalue weighted by Crippen LogP contribution is -2.39. The maximum absolute atomic E-state index is 12.0. The van der Waals surface area contributed by atoms with Crippen LogP contribution >= 0.6 is 0 Å². The minimum atomic E-state index is -0.142. The Bertz CT molecular complexity index is 385. The van der Waals surface area contributed by atoms with E-state index in [9.17, 15) is 9.90 Å². The van der Waals surface area contributed by atoms with Crippen molar-refractivity contribution in [2.75, 3.05) is 11.9 Å². The van der Waals surface area contributed by atoms with E-state index < -0.39 is 0 Å². The Hall–Kier alpha value is -1.55. The molecule has 1 aromatic rings. The number of hydrogen-bond acceptors (Lipinski definition) is 3. The van der Waals surface area contributed by atoms with Crippen molar-refractivity contribution < 1.29 is 9.90 Å². The Balaban J connectivity index is 1.98. The lowest BCUT2D eigenvalue weighted by Gasteiger charge is -2.16. The Kier molecular flexibility index (Phi) is 3.98. The molecule has 4 heteroatoms. The summed E-state index contributed by atoms with van der Waals surface area (Å²) in [4.78, 5) is 12.0. The van der Waals surface area contributed by atoms with Gasteiger partial charge in [0.15, 0.2) is 0 Å². The molecular weight excluding hydrogens is 216 g/mol. The molecule has 1 atom stereocenters. The molecule has 1 saturated heterocycles. The van der Waals surface area contributed by atoms with Gasteiger partial charge in [-0.15, -0.1) is 0 Å². The summed E-state index contributed by atoms with van der Waals surface area (Å²) in [5.41, 5.74) is 0.476. The first-order valence-electron chi connectivity index (χ1n) is 6.09. The predicted octanol–water partition coefficient (Wildman–Crippen LogP) is 1.86. The molecule has 3 N–H and O–H groups in total. The molecule has 0 spiro atoms. The zero-order valence-corrected chi connectivity index (χ0v) is 9.78. The van der Waals surface area contributed by atoms with Crippen molar-refractivity contribution in [2.45, 2.75) is 31.7 Å². The Morgan fingerprint density at radius 3 is 2.94 bits per heavy atom. The first-order valence-corrected chi connectivity index (χ1v) is 6.09. The number of benzene rings is 1. The number of phenolic OH excluding ortho intramolecular Hbond substituents is 1. The highest BCUT2D eigenvalue weighted by molar-refractivity contribution is 5.96. The lowest BCUT2D eigenvalue weighted by atomic mass is 10.1. The van der Waals surface area contributed by atoms with E-state index in [1.54, 1.807) is 24.3 Å². The van der Waals surface area contributed by atoms with Crippen molar-refractivity contribution in [1.29, 1.82) is 0 Å². The van der Waals surface area contributed by atoms with Crippen LogP contribution < -0.4 is 10.6 Å². The van der Waals surface area contributed by atoms with Gasteiger partial charge in [0.1, 0.15) is 5.75 Å². The Morgan fingerprint density at radius 1 is 1.29 bits per heavy atom. The number of carbonyl (C=O) groups excluding carboxylic acids is 1. The van der Waals surface area contributed by atoms with E-state index in [0.717, 1.165) is 25.8 Å². The zero-order valence-electron chi connectivity index (χ0n) is 9.78. The molecule has 1 fully saturated rings. The van der Waals surface area contributed by atoms with Gasteiger partial charge in [0.25, 0.3) is 0 Å². The molecule has 0 aromatic heterocycles. The third-order valence-corrected chi connectivity index (χ3v) is 3.04. The Morgan fingerprint density at radius 2 is 2.12 bits per heavy atom. The van der Waals surface area contributed by atoms with Crippen LogP contribution in [-0.2, 0) is 4.79 Å². The van der Waals surface area contributed by atoms with Gasteiger partial charge in [-0.1, -0.05) is 25.0 Å². The smallest absolute Gasteiger partial charge is 0.241 e. The van der Waals surface area contributed by atoms with Crippen molar-refractivity contribution in [3.05, 3.63) is 24.3 Å². The molecule has 17 heavy (non-hydrogen) atoms. The summed E-state index contributed by atoms with van der Waals surface area (Å²) in [5, 5.41) is 15.6. The highest BCUT2D eigenvalue weighted by Gasteiger charge is 2.19. The molecule has 1 aliphatic rings. The minimum Gasteiger partial charge on any atom is -0.506 e. The number of phenols is 1. The van der Waals surface area contributed by atoms with Crippen LogP contribution in [0.15, 0.2) is 24.3 Å². The van der Waals surface area contributed by atoms with Crippen LogP contribution in [0.25, 0.3) is 0 Å². The number of aromatic hydroxyl groups is 1. The number of para-hydroxylation sites is 2. The number of nitrogens with one attached hydrogen (secondary N) is 2. The summed E-state index contributed by atoms with van der Waals surface area (Å²) in [6.45, 7) is 0.888. The molecule has 1 heterocycles. The molecule has 2 rings (SSSR count). The highest BCUT2D eigenvalue weighted by Crippen LogP contribution is 2.22. The molecule has 1 amide bonds. The van der Waals surface area contributed by atoms with E-state index in [1.165, 1.54) is 6.42 Å². The predicted molar refractivity (Wildman–Crippen MR) is 67.0 cm³/mol. The second-order valence-corrected chi connectivity index (χ2v) is 4.36. The van der Waals surface area contributed by atoms with Crippen molar-refractivity contribution in [3.8, 4) is 5.75 Å². The average molecular weight is 234 g/mol. The number of rotatable bonds is 2. The topological polar surface area (TPSA) is 61.4 Å². The second kappa shape index (κ2) is 5.68. The third kappa shape index (κ3) is 3.20. The van der Waals surface area contributed by atoms with E-state index in [4.69, 9.17) is 0 Å². The van der Waals surface area contributed by atoms with Gasteiger partial charge in [0.05, 0.1) is 11.7 Å². The summed E-state index contributed by atoms with van der Waals surface area (Å²) in [5.74, 6) is 0.0443. The summed E-state index contributed by atoms with van der Waals surface area (Å²) in [7, 11) is 0. The lowest BCUT2D eigenvalue weighted by molar-refractivity contribution is -0.118. The SMILES string of the molecule is O=C(Nc1ccccc1O)[C@H]1CCCCCN1. The van der Waals surface area contributed by atoms with Crippen LogP contribution in [0.3, 0.4) is 0 Å². The van der Waals surface area contributed by atoms with E-state index in [1.807, 2.05) is 0 Å². The summed E-state index contributed by atoms with van der Waals surface area (Å²) < 4.78 is 0. The van der Waals surface area contributed by atoms with Crippen molar-refractivity contribution in [1.82, 2.24) is 5.32 Å². The number of hydrogen-bond donors (Lipinski definition) is 3. The van der Waals surface area contributed by atoms with Crippen molar-refractivity contribution in [3.63, 3.8) is 0 Å². The molecule has 92 valence electrons. The van der Waals surface area contributed by atoms with Crippen LogP contribution in [0.1, 0.15) is 25.7 Å². The van der Waals surface area contributed by atoms with Crippen LogP contribution in [0.2, 0.25) is 0 Å². The molecule has 0 radical (unpaired) electrons. The van der Waals surface area contributed by atoms with Gasteiger partial charge in [-0.25, -0.2) is 0 Å². The van der Waals surface area contributed by atoms with Gasteiger partial charge in [-0.05, 0) is 31.5 Å². The van der Waals surface area contributed by atoms with E-state index in [2.05, 4.69) is 10.6 Å². The highest BCUT2D eigenvalue weighted by atomic mass is 16.3. The van der Waals surface area contributed by atoms with Gasteiger partial charge >= 0.3 is 0 Å². The first-order chi connectivity index (χ1) is 8.27. The monoisotopic (exact) mass is 234 g/mol. The number of amides is 1. The van der Waals surface area contributed by atoms with Gasteiger partial charge < -0.3 is 15.7 Å². The molecule has 4 nitrogen and oxygen atoms in total. The Labute approximate surface area is 101 Å². The number of carbonyl (C=O) groups is 1. The van der Waals surface area contributed by atoms with Crippen LogP contribution in [0.5, 0.6) is 5.75 Å². The summed E-state index contributed by atoms with van der Waals surface area (Å²) in [6, 6.07) is 6.64. The molecular formula is C13H18N2O2. The molecule has 1 aromatic carbocycles. The molecule has 0 unspecified atom stereocenters. The van der Waals surface area contributed by atoms with Gasteiger partial charge in [-0.3, -0.25) is 4.79 Å². The molecule has 0 aliphatic carbocycles. The van der Waals surface area contributed by atoms with E-state index in [0.29, 0.717) is 5.69 Å². The van der Waals surface area contributed by atoms with Crippen LogP contribution in [0, 0.1) is 0 Å². The van der Waals surface area contributed by atoms with E-state index >= 15 is 0 Å². The van der Waals surface area contributed by atoms with Crippen molar-refractivity contribution in [2.24, 2.45) is 0 Å². The third-order valence-electron chi connectivity index (χ3n) is 3.04. The van der Waals surface area contributed by atoms with Crippen molar-refractivity contribution >= 4 is 11.6 Å². The molecule has 0 bridgehead atoms. The summed E-state index contributed by atoms with van der Waals surface area (Å²) >= 11 is 0. The quantitative estimate of drug-likeness (QED) is 0.684. The molecule has 1 aliphatic heterocycles. The minimum absolute atomic E-state index is 0.0617. The second-order valence-electron chi connectivity index (χ2n) is 4.36. The van der Waals surface area contributed by atoms with E-state index in [-0.39, 0.29) is 17.7 Å². The summed E-state index contributed by atoms with van der Waals surface area (Å²) in [6.07, 6.45) is 4.24. The fourth-order valence-electron chi connectivity index (χ4n) is 2.05. The maximum Gasteiger partial charge on any atom is 0.241 e. The first kappa shape index (κ1) is 11.9. The van der Waals surface area contributed by atoms with Gasteiger partial charge in [0.2, 0.25) is 5.91 Å². The van der Waals surface area contributed by atoms with Crippen LogP contribution in [0.4, 0.5) is 5.69 Å². The maximum atomic E-state index is 12.0. The fourth-order valence-corrected chi connectivity index (χ4v) is 2.05. The normalized spacial score (nSPS) is 20.6. The molecule has 0 saturated carbocycles. The average Bonchev–Trinajstić information content (AvgIpc) is 2.61. The largest absolute Gasteiger partial charge is 0.506 e. The fraction of sp³-hybridized carbons (Fsp3) is 0.462. The standard InChI is InChI=1S/C13H18N2O2/c16-12-8-4-3-6-10(12)15-13(17)11-7-2-1-5-9-14-11/h3-4,6,8,11,14,16H,1-2,5,7,9H2,(H,15,17)/t11-/m1/s1. The van der Waals surface area contributed by atoms with Gasteiger partial charge in [0, 0.05) is 0 Å². The number of anilines is 1. The van der Waals surface area contributed by atoms with Gasteiger partial charge in [-0.2, -0.15) is 0 Å². The van der Waals surface area contributed by atoms with Crippen LogP contribution in [-0.4, -0.2) is 23.6 Å². The zero-order chi connectivity index (χ0) is 12.1.